The number of aliphatic hydroxyl groups excluding tert-OH is 5. The number of aliphatic hydroxyl groups is 5. The Labute approximate surface area is 245 Å². The van der Waals surface area contributed by atoms with Gasteiger partial charge in [-0.1, -0.05) is 12.1 Å². The van der Waals surface area contributed by atoms with E-state index in [0.717, 1.165) is 6.08 Å². The van der Waals surface area contributed by atoms with Gasteiger partial charge in [-0.25, -0.2) is 4.79 Å². The number of carbonyl (C=O) groups excluding carboxylic acids is 1. The van der Waals surface area contributed by atoms with Crippen LogP contribution in [0.25, 0.3) is 6.08 Å². The number of phenolic OH excluding ortho intramolecular Hbond substituents is 4. The van der Waals surface area contributed by atoms with E-state index in [4.69, 9.17) is 23.7 Å². The smallest absolute Gasteiger partial charge is 0.331 e. The molecule has 2 fully saturated rings. The van der Waals surface area contributed by atoms with Crippen molar-refractivity contribution >= 4 is 12.0 Å². The van der Waals surface area contributed by atoms with Crippen LogP contribution in [0.2, 0.25) is 0 Å². The molecule has 2 heterocycles. The first-order chi connectivity index (χ1) is 20.5. The van der Waals surface area contributed by atoms with Crippen molar-refractivity contribution in [3.63, 3.8) is 0 Å². The SMILES string of the molecule is O=C(/C=C/c1ccc(O)c(O)c1)O[C@@H]1CO[C@@H](O[C@H]2[C@@H](O)[C@@H](CO)O[C@@H](OCCc3ccc(O)c(O)c3)[C@@H]2O)[C@H](O)[C@@H]1O. The third kappa shape index (κ3) is 7.91. The van der Waals surface area contributed by atoms with Gasteiger partial charge >= 0.3 is 5.97 Å². The van der Waals surface area contributed by atoms with E-state index < -0.39 is 74.5 Å². The lowest BCUT2D eigenvalue weighted by molar-refractivity contribution is -0.349. The largest absolute Gasteiger partial charge is 0.504 e. The molecule has 0 unspecified atom stereocenters. The zero-order valence-electron chi connectivity index (χ0n) is 22.6. The van der Waals surface area contributed by atoms with Gasteiger partial charge in [0.05, 0.1) is 19.8 Å². The lowest BCUT2D eigenvalue weighted by atomic mass is 9.98. The third-order valence-corrected chi connectivity index (χ3v) is 6.94. The van der Waals surface area contributed by atoms with Gasteiger partial charge in [0.25, 0.3) is 0 Å². The fourth-order valence-corrected chi connectivity index (χ4v) is 4.51. The van der Waals surface area contributed by atoms with Crippen molar-refractivity contribution in [1.29, 1.82) is 0 Å². The monoisotopic (exact) mass is 610 g/mol. The van der Waals surface area contributed by atoms with Crippen molar-refractivity contribution in [2.24, 2.45) is 0 Å². The molecule has 236 valence electrons. The highest BCUT2D eigenvalue weighted by molar-refractivity contribution is 5.87. The Morgan fingerprint density at radius 3 is 2.23 bits per heavy atom. The molecule has 15 heteroatoms. The summed E-state index contributed by atoms with van der Waals surface area (Å²) in [5, 5.41) is 90.3. The van der Waals surface area contributed by atoms with Gasteiger partial charge in [-0.3, -0.25) is 0 Å². The van der Waals surface area contributed by atoms with E-state index in [1.54, 1.807) is 6.07 Å². The number of aromatic hydroxyl groups is 4. The maximum absolute atomic E-state index is 12.2. The van der Waals surface area contributed by atoms with Crippen LogP contribution in [0.4, 0.5) is 0 Å². The maximum Gasteiger partial charge on any atom is 0.331 e. The second-order valence-electron chi connectivity index (χ2n) is 9.99. The number of benzene rings is 2. The Kier molecular flexibility index (Phi) is 10.8. The van der Waals surface area contributed by atoms with Crippen LogP contribution in [0.15, 0.2) is 42.5 Å². The molecule has 9 N–H and O–H groups in total. The molecule has 2 saturated heterocycles. The van der Waals surface area contributed by atoms with Crippen molar-refractivity contribution in [3.05, 3.63) is 53.6 Å². The first kappa shape index (κ1) is 32.4. The molecule has 0 aromatic heterocycles. The van der Waals surface area contributed by atoms with E-state index in [0.29, 0.717) is 11.1 Å². The van der Waals surface area contributed by atoms with Crippen molar-refractivity contribution < 1.29 is 74.4 Å². The van der Waals surface area contributed by atoms with E-state index in [-0.39, 0.29) is 36.0 Å². The van der Waals surface area contributed by atoms with Crippen molar-refractivity contribution in [3.8, 4) is 23.0 Å². The number of rotatable bonds is 10. The first-order valence-corrected chi connectivity index (χ1v) is 13.3. The highest BCUT2D eigenvalue weighted by atomic mass is 16.7. The Hall–Kier alpha value is -3.51. The van der Waals surface area contributed by atoms with E-state index in [1.165, 1.54) is 36.4 Å². The molecule has 15 nitrogen and oxygen atoms in total. The van der Waals surface area contributed by atoms with Gasteiger partial charge in [0.15, 0.2) is 41.7 Å². The number of hydrogen-bond acceptors (Lipinski definition) is 15. The zero-order chi connectivity index (χ0) is 31.3. The predicted octanol–water partition coefficient (Wildman–Crippen LogP) is -1.40. The van der Waals surface area contributed by atoms with Gasteiger partial charge in [0, 0.05) is 6.08 Å². The maximum atomic E-state index is 12.2. The van der Waals surface area contributed by atoms with Crippen LogP contribution >= 0.6 is 0 Å². The molecule has 2 aliphatic rings. The van der Waals surface area contributed by atoms with Crippen molar-refractivity contribution in [2.45, 2.75) is 61.7 Å². The molecule has 2 aromatic carbocycles. The lowest BCUT2D eigenvalue weighted by Gasteiger charge is -2.44. The van der Waals surface area contributed by atoms with Crippen LogP contribution in [-0.2, 0) is 34.9 Å². The minimum absolute atomic E-state index is 0.0381. The van der Waals surface area contributed by atoms with E-state index >= 15 is 0 Å². The molecule has 0 aliphatic carbocycles. The van der Waals surface area contributed by atoms with Gasteiger partial charge in [-0.05, 0) is 47.9 Å². The molecule has 0 radical (unpaired) electrons. The summed E-state index contributed by atoms with van der Waals surface area (Å²) in [7, 11) is 0. The van der Waals surface area contributed by atoms with Gasteiger partial charge < -0.3 is 69.6 Å². The summed E-state index contributed by atoms with van der Waals surface area (Å²) >= 11 is 0. The summed E-state index contributed by atoms with van der Waals surface area (Å²) in [6.45, 7) is -1.14. The number of phenols is 4. The number of ether oxygens (including phenoxy) is 5. The predicted molar refractivity (Wildman–Crippen MR) is 143 cm³/mol. The third-order valence-electron chi connectivity index (χ3n) is 6.94. The topological polar surface area (TPSA) is 245 Å². The molecule has 0 saturated carbocycles. The van der Waals surface area contributed by atoms with Crippen LogP contribution in [0.3, 0.4) is 0 Å². The fraction of sp³-hybridized carbons (Fsp3) is 0.464. The minimum atomic E-state index is -1.79. The van der Waals surface area contributed by atoms with Crippen LogP contribution in [0, 0.1) is 0 Å². The fourth-order valence-electron chi connectivity index (χ4n) is 4.51. The average Bonchev–Trinajstić information content (AvgIpc) is 2.98. The van der Waals surface area contributed by atoms with Crippen LogP contribution in [0.1, 0.15) is 11.1 Å². The standard InChI is InChI=1S/C28H34O15/c29-11-19-23(36)26(25(38)28(42-19)39-8-7-14-2-5-16(31)18(33)10-14)43-27-24(37)22(35)20(12-40-27)41-21(34)6-3-13-1-4-15(30)17(32)9-13/h1-6,9-10,19-20,22-33,35-38H,7-8,11-12H2/b6-3+/t19-,20-,22-,23+,24-,25-,26+,27+,28-/m1/s1. The van der Waals surface area contributed by atoms with E-state index in [9.17, 15) is 50.8 Å². The summed E-state index contributed by atoms with van der Waals surface area (Å²) in [6.07, 6.45) is -11.2. The Morgan fingerprint density at radius 2 is 1.56 bits per heavy atom. The molecule has 4 rings (SSSR count). The molecule has 0 amide bonds. The molecule has 0 bridgehead atoms. The average molecular weight is 611 g/mol. The first-order valence-electron chi connectivity index (χ1n) is 13.3. The summed E-state index contributed by atoms with van der Waals surface area (Å²) in [5.41, 5.74) is 0.975. The highest BCUT2D eigenvalue weighted by Crippen LogP contribution is 2.30. The number of hydrogen-bond donors (Lipinski definition) is 9. The van der Waals surface area contributed by atoms with Crippen LogP contribution in [-0.4, -0.2) is 127 Å². The molecule has 2 aromatic rings. The molecular weight excluding hydrogens is 576 g/mol. The van der Waals surface area contributed by atoms with E-state index in [1.807, 2.05) is 0 Å². The van der Waals surface area contributed by atoms with E-state index in [2.05, 4.69) is 0 Å². The minimum Gasteiger partial charge on any atom is -0.504 e. The molecular formula is C28H34O15. The van der Waals surface area contributed by atoms with Gasteiger partial charge in [0.1, 0.15) is 36.6 Å². The Balaban J connectivity index is 1.32. The second kappa shape index (κ2) is 14.3. The van der Waals surface area contributed by atoms with Crippen molar-refractivity contribution in [1.82, 2.24) is 0 Å². The van der Waals surface area contributed by atoms with Crippen LogP contribution in [0.5, 0.6) is 23.0 Å². The summed E-state index contributed by atoms with van der Waals surface area (Å²) < 4.78 is 27.2. The second-order valence-corrected chi connectivity index (χ2v) is 9.99. The zero-order valence-corrected chi connectivity index (χ0v) is 22.6. The normalized spacial score (nSPS) is 31.2. The quantitative estimate of drug-likeness (QED) is 0.0853. The lowest BCUT2D eigenvalue weighted by Crippen LogP contribution is -2.63. The summed E-state index contributed by atoms with van der Waals surface area (Å²) in [6, 6.07) is 8.05. The summed E-state index contributed by atoms with van der Waals surface area (Å²) in [5.74, 6) is -2.24. The van der Waals surface area contributed by atoms with Gasteiger partial charge in [0.2, 0.25) is 0 Å². The number of esters is 1. The Morgan fingerprint density at radius 1 is 0.860 bits per heavy atom. The summed E-state index contributed by atoms with van der Waals surface area (Å²) in [4.78, 5) is 12.2. The molecule has 43 heavy (non-hydrogen) atoms. The number of carbonyl (C=O) groups is 1. The van der Waals surface area contributed by atoms with Gasteiger partial charge in [-0.2, -0.15) is 0 Å². The van der Waals surface area contributed by atoms with Crippen molar-refractivity contribution in [2.75, 3.05) is 19.8 Å². The molecule has 2 aliphatic heterocycles. The highest BCUT2D eigenvalue weighted by Gasteiger charge is 2.49. The van der Waals surface area contributed by atoms with Crippen LogP contribution < -0.4 is 0 Å². The molecule has 0 spiro atoms. The molecule has 9 atom stereocenters. The Bertz CT molecular complexity index is 1270. The van der Waals surface area contributed by atoms with Gasteiger partial charge in [-0.15, -0.1) is 0 Å².